The summed E-state index contributed by atoms with van der Waals surface area (Å²) in [5, 5.41) is 16.8. The minimum atomic E-state index is -0.0638. The quantitative estimate of drug-likeness (QED) is 0.894. The molecular weight excluding hydrogens is 292 g/mol. The molecule has 2 fully saturated rings. The van der Waals surface area contributed by atoms with Crippen molar-refractivity contribution in [3.63, 3.8) is 0 Å². The molecule has 2 N–H and O–H groups in total. The number of nitrogens with zero attached hydrogens (tertiary/aromatic N) is 3. The van der Waals surface area contributed by atoms with Crippen molar-refractivity contribution < 1.29 is 9.90 Å². The second-order valence-corrected chi connectivity index (χ2v) is 6.57. The Kier molecular flexibility index (Phi) is 3.61. The summed E-state index contributed by atoms with van der Waals surface area (Å²) in [6, 6.07) is 7.42. The summed E-state index contributed by atoms with van der Waals surface area (Å²) >= 11 is 0. The molecule has 2 aliphatic rings. The van der Waals surface area contributed by atoms with Gasteiger partial charge in [0.2, 0.25) is 0 Å². The van der Waals surface area contributed by atoms with Crippen LogP contribution in [0, 0.1) is 17.8 Å². The largest absolute Gasteiger partial charge is 0.396 e. The molecule has 1 amide bonds. The zero-order valence-corrected chi connectivity index (χ0v) is 12.8. The van der Waals surface area contributed by atoms with E-state index in [0.717, 1.165) is 18.5 Å². The molecule has 4 atom stereocenters. The van der Waals surface area contributed by atoms with Gasteiger partial charge in [0.05, 0.1) is 5.69 Å². The second kappa shape index (κ2) is 5.77. The number of nitrogens with one attached hydrogen (secondary N) is 1. The summed E-state index contributed by atoms with van der Waals surface area (Å²) in [7, 11) is 0. The zero-order chi connectivity index (χ0) is 15.8. The van der Waals surface area contributed by atoms with E-state index in [1.807, 2.05) is 12.1 Å². The first-order valence-electron chi connectivity index (χ1n) is 8.13. The van der Waals surface area contributed by atoms with Gasteiger partial charge in [-0.3, -0.25) is 4.79 Å². The monoisotopic (exact) mass is 312 g/mol. The van der Waals surface area contributed by atoms with Gasteiger partial charge in [-0.25, -0.2) is 9.67 Å². The van der Waals surface area contributed by atoms with Gasteiger partial charge in [0.25, 0.3) is 5.91 Å². The molecule has 6 heteroatoms. The van der Waals surface area contributed by atoms with Crippen LogP contribution in [0.5, 0.6) is 0 Å². The number of carbonyl (C=O) groups is 1. The molecule has 2 bridgehead atoms. The van der Waals surface area contributed by atoms with Gasteiger partial charge in [0.15, 0.2) is 0 Å². The maximum Gasteiger partial charge on any atom is 0.251 e. The molecule has 2 aromatic rings. The zero-order valence-electron chi connectivity index (χ0n) is 12.8. The van der Waals surface area contributed by atoms with E-state index in [0.29, 0.717) is 17.4 Å². The molecule has 1 heterocycles. The Bertz CT molecular complexity index is 683. The predicted molar refractivity (Wildman–Crippen MR) is 84.0 cm³/mol. The molecule has 4 unspecified atom stereocenters. The Balaban J connectivity index is 1.47. The van der Waals surface area contributed by atoms with Crippen molar-refractivity contribution in [2.45, 2.75) is 25.3 Å². The Labute approximate surface area is 134 Å². The van der Waals surface area contributed by atoms with E-state index in [9.17, 15) is 9.90 Å². The van der Waals surface area contributed by atoms with Crippen LogP contribution in [0.15, 0.2) is 36.9 Å². The van der Waals surface area contributed by atoms with E-state index in [-0.39, 0.29) is 24.5 Å². The SMILES string of the molecule is O=C(NC1C2CCC(C2)C1CO)c1ccc(-n2cncn2)cc1. The highest BCUT2D eigenvalue weighted by Gasteiger charge is 2.47. The molecule has 4 rings (SSSR count). The van der Waals surface area contributed by atoms with Crippen molar-refractivity contribution in [3.8, 4) is 5.69 Å². The molecule has 2 aliphatic carbocycles. The normalized spacial score (nSPS) is 28.9. The number of hydrogen-bond donors (Lipinski definition) is 2. The fraction of sp³-hybridized carbons (Fsp3) is 0.471. The summed E-state index contributed by atoms with van der Waals surface area (Å²) in [6.07, 6.45) is 6.59. The standard InChI is InChI=1S/C17H20N4O2/c22-8-15-12-1-2-13(7-12)16(15)20-17(23)11-3-5-14(6-4-11)21-10-18-9-19-21/h3-6,9-10,12-13,15-16,22H,1-2,7-8H2,(H,20,23). The summed E-state index contributed by atoms with van der Waals surface area (Å²) in [4.78, 5) is 16.4. The van der Waals surface area contributed by atoms with E-state index in [1.54, 1.807) is 23.1 Å². The van der Waals surface area contributed by atoms with E-state index < -0.39 is 0 Å². The fourth-order valence-electron chi connectivity index (χ4n) is 4.24. The molecule has 0 spiro atoms. The number of carbonyl (C=O) groups excluding carboxylic acids is 1. The van der Waals surface area contributed by atoms with Gasteiger partial charge in [0, 0.05) is 24.1 Å². The third kappa shape index (κ3) is 2.53. The van der Waals surface area contributed by atoms with Gasteiger partial charge >= 0.3 is 0 Å². The predicted octanol–water partition coefficient (Wildman–Crippen LogP) is 1.40. The van der Waals surface area contributed by atoms with Gasteiger partial charge in [-0.15, -0.1) is 0 Å². The molecule has 0 aliphatic heterocycles. The van der Waals surface area contributed by atoms with E-state index in [1.165, 1.54) is 12.7 Å². The van der Waals surface area contributed by atoms with Gasteiger partial charge in [-0.2, -0.15) is 5.10 Å². The number of benzene rings is 1. The summed E-state index contributed by atoms with van der Waals surface area (Å²) in [6.45, 7) is 0.164. The number of aliphatic hydroxyl groups excluding tert-OH is 1. The van der Waals surface area contributed by atoms with E-state index in [4.69, 9.17) is 0 Å². The minimum Gasteiger partial charge on any atom is -0.396 e. The fourth-order valence-corrected chi connectivity index (χ4v) is 4.24. The van der Waals surface area contributed by atoms with Gasteiger partial charge in [-0.05, 0) is 55.4 Å². The van der Waals surface area contributed by atoms with Crippen LogP contribution in [0.3, 0.4) is 0 Å². The van der Waals surface area contributed by atoms with Gasteiger partial charge in [-0.1, -0.05) is 0 Å². The maximum atomic E-state index is 12.5. The van der Waals surface area contributed by atoms with Crippen LogP contribution in [0.1, 0.15) is 29.6 Å². The highest BCUT2D eigenvalue weighted by Crippen LogP contribution is 2.48. The number of hydrogen-bond acceptors (Lipinski definition) is 4. The first-order chi connectivity index (χ1) is 11.3. The number of amides is 1. The van der Waals surface area contributed by atoms with Crippen LogP contribution in [0.25, 0.3) is 5.69 Å². The average molecular weight is 312 g/mol. The molecule has 1 aromatic carbocycles. The molecule has 0 saturated heterocycles. The Morgan fingerprint density at radius 2 is 2.04 bits per heavy atom. The van der Waals surface area contributed by atoms with Crippen molar-refractivity contribution in [2.24, 2.45) is 17.8 Å². The van der Waals surface area contributed by atoms with Crippen LogP contribution in [0.2, 0.25) is 0 Å². The maximum absolute atomic E-state index is 12.5. The number of fused-ring (bicyclic) bond motifs is 2. The van der Waals surface area contributed by atoms with Gasteiger partial charge < -0.3 is 10.4 Å². The van der Waals surface area contributed by atoms with Crippen LogP contribution in [0.4, 0.5) is 0 Å². The second-order valence-electron chi connectivity index (χ2n) is 6.57. The van der Waals surface area contributed by atoms with E-state index in [2.05, 4.69) is 15.4 Å². The average Bonchev–Trinajstić information content (AvgIpc) is 3.32. The summed E-state index contributed by atoms with van der Waals surface area (Å²) in [5.74, 6) is 1.25. The third-order valence-corrected chi connectivity index (χ3v) is 5.41. The Morgan fingerprint density at radius 1 is 1.26 bits per heavy atom. The Hall–Kier alpha value is -2.21. The lowest BCUT2D eigenvalue weighted by Gasteiger charge is -2.30. The Morgan fingerprint density at radius 3 is 2.74 bits per heavy atom. The highest BCUT2D eigenvalue weighted by atomic mass is 16.3. The van der Waals surface area contributed by atoms with Crippen molar-refractivity contribution >= 4 is 5.91 Å². The molecule has 2 saturated carbocycles. The first-order valence-corrected chi connectivity index (χ1v) is 8.13. The summed E-state index contributed by atoms with van der Waals surface area (Å²) in [5.41, 5.74) is 1.50. The van der Waals surface area contributed by atoms with E-state index >= 15 is 0 Å². The van der Waals surface area contributed by atoms with Crippen molar-refractivity contribution in [1.82, 2.24) is 20.1 Å². The van der Waals surface area contributed by atoms with Crippen LogP contribution in [-0.4, -0.2) is 38.4 Å². The molecule has 120 valence electrons. The lowest BCUT2D eigenvalue weighted by Crippen LogP contribution is -2.45. The molecule has 1 aromatic heterocycles. The van der Waals surface area contributed by atoms with Crippen molar-refractivity contribution in [1.29, 1.82) is 0 Å². The van der Waals surface area contributed by atoms with Crippen molar-refractivity contribution in [3.05, 3.63) is 42.5 Å². The highest BCUT2D eigenvalue weighted by molar-refractivity contribution is 5.94. The molecule has 0 radical (unpaired) electrons. The number of aromatic nitrogens is 3. The molecular formula is C17H20N4O2. The smallest absolute Gasteiger partial charge is 0.251 e. The van der Waals surface area contributed by atoms with Crippen LogP contribution in [-0.2, 0) is 0 Å². The van der Waals surface area contributed by atoms with Gasteiger partial charge in [0.1, 0.15) is 12.7 Å². The summed E-state index contributed by atoms with van der Waals surface area (Å²) < 4.78 is 1.65. The van der Waals surface area contributed by atoms with Crippen molar-refractivity contribution in [2.75, 3.05) is 6.61 Å². The lowest BCUT2D eigenvalue weighted by molar-refractivity contribution is 0.0861. The minimum absolute atomic E-state index is 0.0638. The number of rotatable bonds is 4. The molecule has 6 nitrogen and oxygen atoms in total. The first kappa shape index (κ1) is 14.4. The van der Waals surface area contributed by atoms with Crippen LogP contribution < -0.4 is 5.32 Å². The third-order valence-electron chi connectivity index (χ3n) is 5.41. The lowest BCUT2D eigenvalue weighted by atomic mass is 9.85. The molecule has 23 heavy (non-hydrogen) atoms. The topological polar surface area (TPSA) is 80.0 Å². The van der Waals surface area contributed by atoms with Crippen LogP contribution >= 0.6 is 0 Å². The number of aliphatic hydroxyl groups is 1.